The maximum absolute atomic E-state index is 12.9. The highest BCUT2D eigenvalue weighted by molar-refractivity contribution is 9.12. The normalized spacial score (nSPS) is 38.1. The van der Waals surface area contributed by atoms with Crippen LogP contribution >= 0.6 is 31.9 Å². The Kier molecular flexibility index (Phi) is 2.51. The maximum atomic E-state index is 12.9. The molecule has 1 nitrogen and oxygen atoms in total. The van der Waals surface area contributed by atoms with Gasteiger partial charge >= 0.3 is 0 Å². The second-order valence-corrected chi connectivity index (χ2v) is 4.24. The van der Waals surface area contributed by atoms with Gasteiger partial charge in [-0.3, -0.25) is 0 Å². The van der Waals surface area contributed by atoms with E-state index in [9.17, 15) is 8.78 Å². The second-order valence-electron chi connectivity index (χ2n) is 2.12. The molecule has 2 unspecified atom stereocenters. The molecule has 0 bridgehead atoms. The topological polar surface area (TPSA) is 20.2 Å². The molecule has 1 rings (SSSR count). The van der Waals surface area contributed by atoms with Crippen LogP contribution in [0.2, 0.25) is 0 Å². The van der Waals surface area contributed by atoms with Crippen molar-refractivity contribution < 1.29 is 13.9 Å². The summed E-state index contributed by atoms with van der Waals surface area (Å²) in [6.07, 6.45) is 0.208. The molecule has 1 N–H and O–H groups in total. The Balaban J connectivity index is 3.01. The lowest BCUT2D eigenvalue weighted by molar-refractivity contribution is 0.113. The summed E-state index contributed by atoms with van der Waals surface area (Å²) in [6, 6.07) is 0. The lowest BCUT2D eigenvalue weighted by atomic mass is 10.1. The average Bonchev–Trinajstić information content (AvgIpc) is 1.95. The Bertz CT molecular complexity index is 235. The molecular formula is C6H4Br2F2O. The van der Waals surface area contributed by atoms with Crippen molar-refractivity contribution in [3.8, 4) is 0 Å². The number of rotatable bonds is 0. The zero-order chi connectivity index (χ0) is 8.65. The first kappa shape index (κ1) is 9.35. The van der Waals surface area contributed by atoms with Gasteiger partial charge < -0.3 is 5.11 Å². The van der Waals surface area contributed by atoms with E-state index in [0.29, 0.717) is 0 Å². The van der Waals surface area contributed by atoms with Crippen LogP contribution in [0.15, 0.2) is 22.5 Å². The molecular weight excluding hydrogens is 286 g/mol. The third-order valence-corrected chi connectivity index (χ3v) is 2.72. The van der Waals surface area contributed by atoms with Gasteiger partial charge in [0.25, 0.3) is 0 Å². The predicted octanol–water partition coefficient (Wildman–Crippen LogP) is 2.55. The van der Waals surface area contributed by atoms with E-state index in [1.165, 1.54) is 0 Å². The molecule has 0 aromatic heterocycles. The zero-order valence-corrected chi connectivity index (χ0v) is 8.36. The van der Waals surface area contributed by atoms with Gasteiger partial charge in [-0.2, -0.15) is 0 Å². The van der Waals surface area contributed by atoms with E-state index in [4.69, 9.17) is 5.11 Å². The van der Waals surface area contributed by atoms with Gasteiger partial charge in [0, 0.05) is 0 Å². The fraction of sp³-hybridized carbons (Fsp3) is 0.333. The molecule has 11 heavy (non-hydrogen) atoms. The molecule has 5 heteroatoms. The van der Waals surface area contributed by atoms with Gasteiger partial charge in [0.2, 0.25) is 0 Å². The van der Waals surface area contributed by atoms with Crippen molar-refractivity contribution in [2.24, 2.45) is 0 Å². The lowest BCUT2D eigenvalue weighted by Crippen LogP contribution is -2.32. The average molecular weight is 290 g/mol. The van der Waals surface area contributed by atoms with Crippen LogP contribution in [-0.2, 0) is 0 Å². The van der Waals surface area contributed by atoms with Gasteiger partial charge in [-0.05, 0) is 44.0 Å². The largest absolute Gasteiger partial charge is 0.372 e. The summed E-state index contributed by atoms with van der Waals surface area (Å²) in [5, 5.41) is 9.16. The van der Waals surface area contributed by atoms with Crippen LogP contribution in [0, 0.1) is 0 Å². The molecule has 1 aliphatic rings. The molecule has 0 aromatic rings. The molecule has 0 radical (unpaired) electrons. The van der Waals surface area contributed by atoms with Gasteiger partial charge in [-0.1, -0.05) is 0 Å². The Labute approximate surface area is 79.0 Å². The third kappa shape index (κ3) is 1.71. The van der Waals surface area contributed by atoms with Crippen molar-refractivity contribution in [3.63, 3.8) is 0 Å². The second kappa shape index (κ2) is 2.95. The molecule has 62 valence electrons. The number of allylic oxidation sites excluding steroid dienone is 2. The van der Waals surface area contributed by atoms with E-state index in [-0.39, 0.29) is 4.48 Å². The van der Waals surface area contributed by atoms with Crippen molar-refractivity contribution >= 4 is 31.9 Å². The van der Waals surface area contributed by atoms with Crippen LogP contribution in [0.1, 0.15) is 0 Å². The van der Waals surface area contributed by atoms with Crippen LogP contribution in [0.5, 0.6) is 0 Å². The summed E-state index contributed by atoms with van der Waals surface area (Å²) in [5.41, 5.74) is 0. The lowest BCUT2D eigenvalue weighted by Gasteiger charge is -2.24. The van der Waals surface area contributed by atoms with Crippen molar-refractivity contribution in [2.75, 3.05) is 0 Å². The number of halogens is 4. The fourth-order valence-electron chi connectivity index (χ4n) is 0.653. The number of hydrogen-bond donors (Lipinski definition) is 1. The number of aliphatic hydroxyl groups is 1. The Morgan fingerprint density at radius 1 is 1.64 bits per heavy atom. The standard InChI is InChI=1S/C6H4Br2F2O/c7-4-3(9)1-2-6(8,11)5(4)10/h1-2,5,11H. The zero-order valence-electron chi connectivity index (χ0n) is 5.19. The van der Waals surface area contributed by atoms with E-state index in [2.05, 4.69) is 31.9 Å². The minimum atomic E-state index is -1.80. The van der Waals surface area contributed by atoms with E-state index in [1.807, 2.05) is 0 Å². The molecule has 0 amide bonds. The Morgan fingerprint density at radius 2 is 2.18 bits per heavy atom. The van der Waals surface area contributed by atoms with Crippen molar-refractivity contribution in [1.82, 2.24) is 0 Å². The number of alkyl halides is 2. The predicted molar refractivity (Wildman–Crippen MR) is 45.0 cm³/mol. The van der Waals surface area contributed by atoms with Gasteiger partial charge in [0.05, 0.1) is 4.48 Å². The summed E-state index contributed by atoms with van der Waals surface area (Å²) < 4.78 is 23.4. The number of hydrogen-bond acceptors (Lipinski definition) is 1. The summed E-state index contributed by atoms with van der Waals surface area (Å²) >= 11 is 5.37. The highest BCUT2D eigenvalue weighted by atomic mass is 79.9. The van der Waals surface area contributed by atoms with E-state index < -0.39 is 16.5 Å². The summed E-state index contributed by atoms with van der Waals surface area (Å²) in [4.78, 5) is 0. The van der Waals surface area contributed by atoms with E-state index in [0.717, 1.165) is 12.2 Å². The monoisotopic (exact) mass is 288 g/mol. The van der Waals surface area contributed by atoms with Crippen LogP contribution < -0.4 is 0 Å². The maximum Gasteiger partial charge on any atom is 0.177 e. The first-order chi connectivity index (χ1) is 4.95. The molecule has 1 aliphatic carbocycles. The minimum Gasteiger partial charge on any atom is -0.372 e. The summed E-state index contributed by atoms with van der Waals surface area (Å²) in [6.45, 7) is 0. The van der Waals surface area contributed by atoms with Crippen LogP contribution in [-0.4, -0.2) is 15.8 Å². The van der Waals surface area contributed by atoms with Gasteiger partial charge in [-0.25, -0.2) is 8.78 Å². The van der Waals surface area contributed by atoms with Crippen LogP contribution in [0.4, 0.5) is 8.78 Å². The molecule has 0 aromatic carbocycles. The molecule has 0 saturated heterocycles. The quantitative estimate of drug-likeness (QED) is 0.680. The van der Waals surface area contributed by atoms with Crippen molar-refractivity contribution in [2.45, 2.75) is 10.7 Å². The molecule has 0 spiro atoms. The van der Waals surface area contributed by atoms with Gasteiger partial charge in [-0.15, -0.1) is 0 Å². The molecule has 0 heterocycles. The SMILES string of the molecule is OC1(Br)C=CC(F)=C(Br)C1F. The van der Waals surface area contributed by atoms with Gasteiger partial charge in [0.15, 0.2) is 10.7 Å². The van der Waals surface area contributed by atoms with Gasteiger partial charge in [0.1, 0.15) is 5.83 Å². The van der Waals surface area contributed by atoms with Crippen LogP contribution in [0.3, 0.4) is 0 Å². The Morgan fingerprint density at radius 3 is 2.64 bits per heavy atom. The molecule has 2 atom stereocenters. The third-order valence-electron chi connectivity index (χ3n) is 1.27. The highest BCUT2D eigenvalue weighted by Crippen LogP contribution is 2.37. The minimum absolute atomic E-state index is 0.278. The molecule has 0 saturated carbocycles. The smallest absolute Gasteiger partial charge is 0.177 e. The van der Waals surface area contributed by atoms with E-state index in [1.54, 1.807) is 0 Å². The van der Waals surface area contributed by atoms with Crippen LogP contribution in [0.25, 0.3) is 0 Å². The molecule has 0 fully saturated rings. The first-order valence-corrected chi connectivity index (χ1v) is 4.33. The highest BCUT2D eigenvalue weighted by Gasteiger charge is 2.37. The first-order valence-electron chi connectivity index (χ1n) is 2.75. The Hall–Kier alpha value is 0.260. The van der Waals surface area contributed by atoms with Crippen molar-refractivity contribution in [3.05, 3.63) is 22.5 Å². The summed E-state index contributed by atoms with van der Waals surface area (Å²) in [7, 11) is 0. The van der Waals surface area contributed by atoms with Crippen molar-refractivity contribution in [1.29, 1.82) is 0 Å². The fourth-order valence-corrected chi connectivity index (χ4v) is 1.80. The van der Waals surface area contributed by atoms with E-state index >= 15 is 0 Å². The summed E-state index contributed by atoms with van der Waals surface area (Å²) in [5.74, 6) is -0.707. The molecule has 0 aliphatic heterocycles.